The van der Waals surface area contributed by atoms with Gasteiger partial charge in [0, 0.05) is 29.8 Å². The van der Waals surface area contributed by atoms with Crippen LogP contribution in [0.5, 0.6) is 0 Å². The van der Waals surface area contributed by atoms with E-state index in [-0.39, 0.29) is 16.3 Å². The predicted octanol–water partition coefficient (Wildman–Crippen LogP) is 1.80. The Kier molecular flexibility index (Phi) is 4.59. The molecule has 1 aliphatic heterocycles. The van der Waals surface area contributed by atoms with Crippen molar-refractivity contribution < 1.29 is 14.6 Å². The van der Waals surface area contributed by atoms with E-state index in [0.717, 1.165) is 0 Å². The topological polar surface area (TPSA) is 103 Å². The van der Waals surface area contributed by atoms with E-state index in [1.54, 1.807) is 48.1 Å². The van der Waals surface area contributed by atoms with Crippen molar-refractivity contribution in [2.45, 2.75) is 24.6 Å². The molecule has 3 unspecified atom stereocenters. The zero-order chi connectivity index (χ0) is 18.9. The van der Waals surface area contributed by atoms with Gasteiger partial charge in [-0.15, -0.1) is 0 Å². The quantitative estimate of drug-likeness (QED) is 0.371. The second kappa shape index (κ2) is 6.71. The molecule has 0 bridgehead atoms. The van der Waals surface area contributed by atoms with E-state index in [1.807, 2.05) is 6.07 Å². The zero-order valence-corrected chi connectivity index (χ0v) is 14.7. The van der Waals surface area contributed by atoms with Gasteiger partial charge in [-0.2, -0.15) is 9.83 Å². The lowest BCUT2D eigenvalue weighted by atomic mass is 9.78. The van der Waals surface area contributed by atoms with Crippen LogP contribution in [0, 0.1) is 21.4 Å². The molecule has 0 amide bonds. The summed E-state index contributed by atoms with van der Waals surface area (Å²) in [6.07, 6.45) is 3.54. The first-order chi connectivity index (χ1) is 12.3. The van der Waals surface area contributed by atoms with E-state index in [2.05, 4.69) is 11.4 Å². The number of nitro groups is 1. The first-order valence-corrected chi connectivity index (χ1v) is 8.28. The summed E-state index contributed by atoms with van der Waals surface area (Å²) in [5.74, 6) is -0.643. The highest BCUT2D eigenvalue weighted by Crippen LogP contribution is 2.42. The summed E-state index contributed by atoms with van der Waals surface area (Å²) in [7, 11) is 0. The SMILES string of the molecule is CC1(O)NC([S-])=C(C#N)C(c2cccc([N+](=O)[O-])c2)C1[n+]1ccccc1. The second-order valence-electron chi connectivity index (χ2n) is 6.22. The summed E-state index contributed by atoms with van der Waals surface area (Å²) < 4.78 is 1.77. The van der Waals surface area contributed by atoms with Crippen molar-refractivity contribution in [3.8, 4) is 6.07 Å². The largest absolute Gasteiger partial charge is 0.762 e. The number of benzene rings is 1. The lowest BCUT2D eigenvalue weighted by Gasteiger charge is -2.43. The predicted molar refractivity (Wildman–Crippen MR) is 95.3 cm³/mol. The van der Waals surface area contributed by atoms with Gasteiger partial charge in [0.15, 0.2) is 18.1 Å². The van der Waals surface area contributed by atoms with Gasteiger partial charge in [-0.3, -0.25) is 10.1 Å². The molecule has 132 valence electrons. The first-order valence-electron chi connectivity index (χ1n) is 7.87. The standard InChI is InChI=1S/C18H16N4O3S/c1-18(23)16(21-8-3-2-4-9-21)15(14(11-19)17(26)20-18)12-6-5-7-13(10-12)22(24)25/h2-10,15-16,20,23H,1H3. The number of aliphatic hydroxyl groups is 1. The highest BCUT2D eigenvalue weighted by molar-refractivity contribution is 7.63. The third-order valence-electron chi connectivity index (χ3n) is 4.43. The van der Waals surface area contributed by atoms with Crippen molar-refractivity contribution in [1.29, 1.82) is 5.26 Å². The Morgan fingerprint density at radius 2 is 2.04 bits per heavy atom. The van der Waals surface area contributed by atoms with E-state index in [4.69, 9.17) is 12.6 Å². The maximum absolute atomic E-state index is 11.2. The molecule has 0 saturated heterocycles. The molecule has 3 atom stereocenters. The van der Waals surface area contributed by atoms with Crippen molar-refractivity contribution in [1.82, 2.24) is 5.32 Å². The molecule has 1 aromatic heterocycles. The smallest absolute Gasteiger partial charge is 0.269 e. The average molecular weight is 368 g/mol. The Bertz CT molecular complexity index is 922. The lowest BCUT2D eigenvalue weighted by Crippen LogP contribution is -2.63. The zero-order valence-electron chi connectivity index (χ0n) is 13.9. The fraction of sp³-hybridized carbons (Fsp3) is 0.222. The molecule has 0 saturated carbocycles. The maximum Gasteiger partial charge on any atom is 0.269 e. The van der Waals surface area contributed by atoms with E-state index in [1.165, 1.54) is 12.1 Å². The number of nitro benzene ring substituents is 1. The minimum atomic E-state index is -1.46. The number of nitriles is 1. The fourth-order valence-electron chi connectivity index (χ4n) is 3.36. The molecule has 0 spiro atoms. The Labute approximate surface area is 155 Å². The monoisotopic (exact) mass is 368 g/mol. The molecule has 3 rings (SSSR count). The normalized spacial score (nSPS) is 25.3. The van der Waals surface area contributed by atoms with Crippen LogP contribution in [0.4, 0.5) is 5.69 Å². The second-order valence-corrected chi connectivity index (χ2v) is 6.63. The van der Waals surface area contributed by atoms with Crippen molar-refractivity contribution in [3.63, 3.8) is 0 Å². The summed E-state index contributed by atoms with van der Waals surface area (Å²) in [4.78, 5) is 10.7. The van der Waals surface area contributed by atoms with Crippen molar-refractivity contribution >= 4 is 18.3 Å². The van der Waals surface area contributed by atoms with Crippen LogP contribution in [-0.2, 0) is 12.6 Å². The number of non-ortho nitro benzene ring substituents is 1. The third kappa shape index (κ3) is 3.10. The number of nitrogens with zero attached hydrogens (tertiary/aromatic N) is 3. The van der Waals surface area contributed by atoms with Crippen molar-refractivity contribution in [2.24, 2.45) is 0 Å². The fourth-order valence-corrected chi connectivity index (χ4v) is 3.73. The van der Waals surface area contributed by atoms with E-state index in [9.17, 15) is 20.5 Å². The molecular weight excluding hydrogens is 352 g/mol. The van der Waals surface area contributed by atoms with E-state index < -0.39 is 22.6 Å². The molecular formula is C18H16N4O3S. The molecule has 26 heavy (non-hydrogen) atoms. The minimum Gasteiger partial charge on any atom is -0.762 e. The van der Waals surface area contributed by atoms with E-state index in [0.29, 0.717) is 5.56 Å². The first kappa shape index (κ1) is 17.8. The van der Waals surface area contributed by atoms with Gasteiger partial charge in [0.2, 0.25) is 6.04 Å². The summed E-state index contributed by atoms with van der Waals surface area (Å²) >= 11 is 5.27. The van der Waals surface area contributed by atoms with Crippen LogP contribution in [-0.4, -0.2) is 15.8 Å². The number of aromatic nitrogens is 1. The van der Waals surface area contributed by atoms with Gasteiger partial charge >= 0.3 is 0 Å². The Morgan fingerprint density at radius 1 is 1.35 bits per heavy atom. The van der Waals surface area contributed by atoms with Crippen molar-refractivity contribution in [3.05, 3.63) is 81.1 Å². The van der Waals surface area contributed by atoms with Gasteiger partial charge in [-0.1, -0.05) is 23.2 Å². The maximum atomic E-state index is 11.2. The van der Waals surface area contributed by atoms with Gasteiger partial charge in [-0.05, 0) is 12.5 Å². The number of allylic oxidation sites excluding steroid dienone is 1. The van der Waals surface area contributed by atoms with Crippen LogP contribution >= 0.6 is 0 Å². The Morgan fingerprint density at radius 3 is 2.65 bits per heavy atom. The Balaban J connectivity index is 2.25. The number of pyridine rings is 1. The van der Waals surface area contributed by atoms with Crippen LogP contribution in [0.2, 0.25) is 0 Å². The van der Waals surface area contributed by atoms with Crippen LogP contribution in [0.25, 0.3) is 0 Å². The van der Waals surface area contributed by atoms with E-state index >= 15 is 0 Å². The molecule has 0 fully saturated rings. The number of rotatable bonds is 3. The van der Waals surface area contributed by atoms with Gasteiger partial charge in [-0.25, -0.2) is 0 Å². The van der Waals surface area contributed by atoms with Gasteiger partial charge < -0.3 is 23.1 Å². The molecule has 8 heteroatoms. The van der Waals surface area contributed by atoms with Gasteiger partial charge in [0.05, 0.1) is 16.9 Å². The molecule has 0 radical (unpaired) electrons. The van der Waals surface area contributed by atoms with Crippen LogP contribution < -0.4 is 9.88 Å². The van der Waals surface area contributed by atoms with Gasteiger partial charge in [0.25, 0.3) is 5.69 Å². The average Bonchev–Trinajstić information content (AvgIpc) is 2.61. The number of hydrogen-bond acceptors (Lipinski definition) is 6. The van der Waals surface area contributed by atoms with Crippen LogP contribution in [0.1, 0.15) is 24.4 Å². The summed E-state index contributed by atoms with van der Waals surface area (Å²) in [6.45, 7) is 1.57. The van der Waals surface area contributed by atoms with Crippen LogP contribution in [0.3, 0.4) is 0 Å². The Hall–Kier alpha value is -3.02. The molecule has 1 aromatic carbocycles. The molecule has 0 aliphatic carbocycles. The highest BCUT2D eigenvalue weighted by Gasteiger charge is 2.50. The highest BCUT2D eigenvalue weighted by atomic mass is 32.1. The minimum absolute atomic E-state index is 0.0827. The summed E-state index contributed by atoms with van der Waals surface area (Å²) in [5, 5.41) is 34.8. The summed E-state index contributed by atoms with van der Waals surface area (Å²) in [5.41, 5.74) is -0.742. The number of hydrogen-bond donors (Lipinski definition) is 2. The van der Waals surface area contributed by atoms with Gasteiger partial charge in [0.1, 0.15) is 0 Å². The van der Waals surface area contributed by atoms with Crippen molar-refractivity contribution in [2.75, 3.05) is 0 Å². The molecule has 2 aromatic rings. The number of nitrogens with one attached hydrogen (secondary N) is 1. The molecule has 2 N–H and O–H groups in total. The summed E-state index contributed by atoms with van der Waals surface area (Å²) in [6, 6.07) is 13.0. The van der Waals surface area contributed by atoms with Crippen LogP contribution in [0.15, 0.2) is 65.5 Å². The lowest BCUT2D eigenvalue weighted by molar-refractivity contribution is -0.741. The molecule has 1 aliphatic rings. The third-order valence-corrected chi connectivity index (χ3v) is 4.76. The molecule has 2 heterocycles. The molecule has 7 nitrogen and oxygen atoms in total.